The van der Waals surface area contributed by atoms with Crippen LogP contribution in [0, 0.1) is 11.8 Å². The molecular formula is C20H28ClN3O3. The highest BCUT2D eigenvalue weighted by molar-refractivity contribution is 6.33. The van der Waals surface area contributed by atoms with Crippen LogP contribution in [0.25, 0.3) is 0 Å². The first-order chi connectivity index (χ1) is 12.9. The number of hydrogen-bond donors (Lipinski definition) is 1. The minimum absolute atomic E-state index is 0.00164. The number of carbonyl (C=O) groups is 2. The van der Waals surface area contributed by atoms with Crippen LogP contribution in [-0.4, -0.2) is 62.1 Å². The lowest BCUT2D eigenvalue weighted by atomic mass is 10.1. The lowest BCUT2D eigenvalue weighted by Crippen LogP contribution is -2.49. The summed E-state index contributed by atoms with van der Waals surface area (Å²) in [5.41, 5.74) is 0.666. The van der Waals surface area contributed by atoms with Gasteiger partial charge in [0.1, 0.15) is 0 Å². The number of ether oxygens (including phenoxy) is 1. The van der Waals surface area contributed by atoms with Gasteiger partial charge in [-0.15, -0.1) is 0 Å². The number of nitrogens with zero attached hydrogens (tertiary/aromatic N) is 2. The number of nitrogens with one attached hydrogen (secondary N) is 1. The van der Waals surface area contributed by atoms with E-state index in [9.17, 15) is 9.59 Å². The van der Waals surface area contributed by atoms with E-state index in [0.717, 1.165) is 19.6 Å². The van der Waals surface area contributed by atoms with E-state index >= 15 is 0 Å². The van der Waals surface area contributed by atoms with E-state index in [0.29, 0.717) is 36.3 Å². The van der Waals surface area contributed by atoms with Crippen molar-refractivity contribution in [2.45, 2.75) is 26.4 Å². The summed E-state index contributed by atoms with van der Waals surface area (Å²) in [5.74, 6) is 0.0885. The van der Waals surface area contributed by atoms with E-state index in [-0.39, 0.29) is 30.3 Å². The Balaban J connectivity index is 1.50. The van der Waals surface area contributed by atoms with E-state index in [1.807, 2.05) is 12.1 Å². The fraction of sp³-hybridized carbons (Fsp3) is 0.600. The molecule has 1 aromatic carbocycles. The Kier molecular flexibility index (Phi) is 6.73. The van der Waals surface area contributed by atoms with Crippen molar-refractivity contribution in [3.63, 3.8) is 0 Å². The Morgan fingerprint density at radius 1 is 1.33 bits per heavy atom. The zero-order chi connectivity index (χ0) is 19.4. The zero-order valence-corrected chi connectivity index (χ0v) is 16.7. The first-order valence-corrected chi connectivity index (χ1v) is 9.98. The van der Waals surface area contributed by atoms with E-state index < -0.39 is 0 Å². The topological polar surface area (TPSA) is 61.9 Å². The molecule has 0 radical (unpaired) electrons. The van der Waals surface area contributed by atoms with Gasteiger partial charge in [0.25, 0.3) is 0 Å². The van der Waals surface area contributed by atoms with Crippen LogP contribution in [0.1, 0.15) is 20.3 Å². The largest absolute Gasteiger partial charge is 0.374 e. The van der Waals surface area contributed by atoms with Crippen molar-refractivity contribution in [2.24, 2.45) is 11.8 Å². The standard InChI is InChI=1S/C20H28ClN3O3/c1-14(2)11-23-7-8-27-16(13-23)10-22-20(26)15-9-19(25)24(12-15)18-6-4-3-5-17(18)21/h3-6,14-16H,7-13H2,1-2H3,(H,22,26). The van der Waals surface area contributed by atoms with Gasteiger partial charge in [0, 0.05) is 39.1 Å². The van der Waals surface area contributed by atoms with Gasteiger partial charge < -0.3 is 15.0 Å². The number of carbonyl (C=O) groups excluding carboxylic acids is 2. The fourth-order valence-corrected chi connectivity index (χ4v) is 3.97. The van der Waals surface area contributed by atoms with Crippen molar-refractivity contribution in [3.8, 4) is 0 Å². The number of hydrogen-bond acceptors (Lipinski definition) is 4. The molecule has 0 aliphatic carbocycles. The van der Waals surface area contributed by atoms with Crippen molar-refractivity contribution in [2.75, 3.05) is 44.2 Å². The van der Waals surface area contributed by atoms with Gasteiger partial charge in [0.15, 0.2) is 0 Å². The normalized spacial score (nSPS) is 23.9. The molecule has 0 spiro atoms. The van der Waals surface area contributed by atoms with Crippen molar-refractivity contribution in [3.05, 3.63) is 29.3 Å². The second-order valence-electron chi connectivity index (χ2n) is 7.75. The molecular weight excluding hydrogens is 366 g/mol. The highest BCUT2D eigenvalue weighted by atomic mass is 35.5. The average Bonchev–Trinajstić information content (AvgIpc) is 3.01. The van der Waals surface area contributed by atoms with Gasteiger partial charge in [-0.3, -0.25) is 14.5 Å². The summed E-state index contributed by atoms with van der Waals surface area (Å²) in [7, 11) is 0. The maximum absolute atomic E-state index is 12.6. The van der Waals surface area contributed by atoms with Crippen molar-refractivity contribution < 1.29 is 14.3 Å². The minimum Gasteiger partial charge on any atom is -0.374 e. The van der Waals surface area contributed by atoms with Crippen LogP contribution in [0.4, 0.5) is 5.69 Å². The number of benzene rings is 1. The number of anilines is 1. The van der Waals surface area contributed by atoms with Gasteiger partial charge in [0.05, 0.1) is 29.3 Å². The van der Waals surface area contributed by atoms with Crippen LogP contribution in [0.15, 0.2) is 24.3 Å². The van der Waals surface area contributed by atoms with Crippen molar-refractivity contribution in [1.82, 2.24) is 10.2 Å². The minimum atomic E-state index is -0.357. The van der Waals surface area contributed by atoms with Crippen LogP contribution in [0.3, 0.4) is 0 Å². The molecule has 27 heavy (non-hydrogen) atoms. The monoisotopic (exact) mass is 393 g/mol. The second-order valence-corrected chi connectivity index (χ2v) is 8.16. The molecule has 0 saturated carbocycles. The van der Waals surface area contributed by atoms with E-state index in [1.54, 1.807) is 17.0 Å². The summed E-state index contributed by atoms with van der Waals surface area (Å²) >= 11 is 6.19. The predicted molar refractivity (Wildman–Crippen MR) is 106 cm³/mol. The molecule has 1 N–H and O–H groups in total. The van der Waals surface area contributed by atoms with Crippen LogP contribution in [-0.2, 0) is 14.3 Å². The second kappa shape index (κ2) is 9.04. The van der Waals surface area contributed by atoms with Crippen LogP contribution in [0.2, 0.25) is 5.02 Å². The lowest BCUT2D eigenvalue weighted by Gasteiger charge is -2.34. The quantitative estimate of drug-likeness (QED) is 0.804. The maximum atomic E-state index is 12.6. The highest BCUT2D eigenvalue weighted by Gasteiger charge is 2.36. The third-order valence-corrected chi connectivity index (χ3v) is 5.31. The Morgan fingerprint density at radius 3 is 2.85 bits per heavy atom. The molecule has 2 fully saturated rings. The molecule has 0 aromatic heterocycles. The summed E-state index contributed by atoms with van der Waals surface area (Å²) < 4.78 is 5.78. The fourth-order valence-electron chi connectivity index (χ4n) is 3.73. The Hall–Kier alpha value is -1.63. The molecule has 2 amide bonds. The number of rotatable bonds is 6. The van der Waals surface area contributed by atoms with E-state index in [4.69, 9.17) is 16.3 Å². The van der Waals surface area contributed by atoms with Gasteiger partial charge in [-0.2, -0.15) is 0 Å². The molecule has 2 saturated heterocycles. The molecule has 2 unspecified atom stereocenters. The SMILES string of the molecule is CC(C)CN1CCOC(CNC(=O)C2CC(=O)N(c3ccccc3Cl)C2)C1. The van der Waals surface area contributed by atoms with E-state index in [2.05, 4.69) is 24.1 Å². The van der Waals surface area contributed by atoms with Gasteiger partial charge in [-0.25, -0.2) is 0 Å². The van der Waals surface area contributed by atoms with Crippen molar-refractivity contribution in [1.29, 1.82) is 0 Å². The van der Waals surface area contributed by atoms with Crippen LogP contribution < -0.4 is 10.2 Å². The third-order valence-electron chi connectivity index (χ3n) is 4.99. The zero-order valence-electron chi connectivity index (χ0n) is 16.0. The number of para-hydroxylation sites is 1. The first-order valence-electron chi connectivity index (χ1n) is 9.60. The molecule has 2 atom stereocenters. The summed E-state index contributed by atoms with van der Waals surface area (Å²) in [5, 5.41) is 3.49. The molecule has 148 valence electrons. The smallest absolute Gasteiger partial charge is 0.227 e. The van der Waals surface area contributed by atoms with Crippen LogP contribution in [0.5, 0.6) is 0 Å². The Morgan fingerprint density at radius 2 is 2.11 bits per heavy atom. The number of morpholine rings is 1. The van der Waals surface area contributed by atoms with Gasteiger partial charge in [0.2, 0.25) is 11.8 Å². The molecule has 3 rings (SSSR count). The lowest BCUT2D eigenvalue weighted by molar-refractivity contribution is -0.127. The molecule has 7 heteroatoms. The molecule has 2 aliphatic rings. The summed E-state index contributed by atoms with van der Waals surface area (Å²) in [4.78, 5) is 28.9. The molecule has 6 nitrogen and oxygen atoms in total. The van der Waals surface area contributed by atoms with E-state index in [1.165, 1.54) is 0 Å². The van der Waals surface area contributed by atoms with Crippen molar-refractivity contribution >= 4 is 29.1 Å². The van der Waals surface area contributed by atoms with Crippen LogP contribution >= 0.6 is 11.6 Å². The Labute approximate surface area is 165 Å². The molecule has 0 bridgehead atoms. The average molecular weight is 394 g/mol. The first kappa shape index (κ1) is 20.1. The predicted octanol–water partition coefficient (Wildman–Crippen LogP) is 2.17. The summed E-state index contributed by atoms with van der Waals surface area (Å²) in [6.45, 7) is 8.74. The Bertz CT molecular complexity index is 682. The third kappa shape index (κ3) is 5.21. The van der Waals surface area contributed by atoms with Gasteiger partial charge in [-0.05, 0) is 18.1 Å². The van der Waals surface area contributed by atoms with Gasteiger partial charge in [-0.1, -0.05) is 37.6 Å². The van der Waals surface area contributed by atoms with Gasteiger partial charge >= 0.3 is 0 Å². The molecule has 2 heterocycles. The highest BCUT2D eigenvalue weighted by Crippen LogP contribution is 2.31. The summed E-state index contributed by atoms with van der Waals surface area (Å²) in [6, 6.07) is 7.22. The number of amides is 2. The molecule has 2 aliphatic heterocycles. The number of halogens is 1. The maximum Gasteiger partial charge on any atom is 0.227 e. The summed E-state index contributed by atoms with van der Waals surface area (Å²) in [6.07, 6.45) is 0.209. The molecule has 1 aromatic rings.